The molecule has 1 aliphatic heterocycles. The van der Waals surface area contributed by atoms with Crippen LogP contribution in [0.4, 0.5) is 0 Å². The molecule has 0 fully saturated rings. The van der Waals surface area contributed by atoms with E-state index in [4.69, 9.17) is 21.7 Å². The molecule has 0 saturated carbocycles. The molecule has 15 heavy (non-hydrogen) atoms. The first kappa shape index (κ1) is 18.4. The van der Waals surface area contributed by atoms with Crippen LogP contribution in [-0.2, 0) is 0 Å². The summed E-state index contributed by atoms with van der Waals surface area (Å²) in [6.45, 7) is 0. The van der Waals surface area contributed by atoms with Crippen molar-refractivity contribution in [2.75, 3.05) is 0 Å². The van der Waals surface area contributed by atoms with Crippen molar-refractivity contribution in [2.45, 2.75) is 14.9 Å². The third-order valence-electron chi connectivity index (χ3n) is 0.894. The third kappa shape index (κ3) is 11.6. The van der Waals surface area contributed by atoms with Crippen LogP contribution in [0.15, 0.2) is 29.3 Å². The van der Waals surface area contributed by atoms with Crippen molar-refractivity contribution in [3.63, 3.8) is 0 Å². The van der Waals surface area contributed by atoms with Gasteiger partial charge >= 0.3 is 0 Å². The quantitative estimate of drug-likeness (QED) is 0.587. The number of nitrogens with zero attached hydrogens (tertiary/aromatic N) is 3. The molecule has 3 N–H and O–H groups in total. The zero-order chi connectivity index (χ0) is 10.1. The van der Waals surface area contributed by atoms with Crippen LogP contribution in [0.3, 0.4) is 0 Å². The fraction of sp³-hybridized carbons (Fsp3) is 0.200. The van der Waals surface area contributed by atoms with E-state index in [0.29, 0.717) is 5.84 Å². The number of nitriles is 2. The lowest BCUT2D eigenvalue weighted by atomic mass is 10.5. The number of rotatable bonds is 0. The minimum Gasteiger partial charge on any atom is -0.384 e. The summed E-state index contributed by atoms with van der Waals surface area (Å²) in [4.78, 5) is 3.56. The number of amidine groups is 2. The van der Waals surface area contributed by atoms with Gasteiger partial charge in [0.2, 0.25) is 0 Å². The Morgan fingerprint density at radius 3 is 1.80 bits per heavy atom. The first-order chi connectivity index (χ1) is 6.20. The highest BCUT2D eigenvalue weighted by Gasteiger charge is 1.94. The van der Waals surface area contributed by atoms with Crippen LogP contribution >= 0.6 is 0 Å². The molecule has 0 atom stereocenters. The van der Waals surface area contributed by atoms with Gasteiger partial charge in [0, 0.05) is 12.2 Å². The average Bonchev–Trinajstić information content (AvgIpc) is 2.47. The highest BCUT2D eigenvalue weighted by molar-refractivity contribution is 6.12. The molecule has 80 valence electrons. The smallest absolute Gasteiger partial charge is 0.146 e. The summed E-state index contributed by atoms with van der Waals surface area (Å²) >= 11 is 0. The predicted octanol–water partition coefficient (Wildman–Crippen LogP) is 1.75. The van der Waals surface area contributed by atoms with Crippen molar-refractivity contribution in [2.24, 2.45) is 10.7 Å². The monoisotopic (exact) mass is 205 g/mol. The molecule has 1 heterocycles. The number of nitrogens with two attached hydrogens (primary N) is 1. The van der Waals surface area contributed by atoms with Crippen molar-refractivity contribution in [1.82, 2.24) is 0 Å². The Labute approximate surface area is 90.4 Å². The highest BCUT2D eigenvalue weighted by atomic mass is 14.9. The molecule has 0 aromatic heterocycles. The molecule has 0 bridgehead atoms. The molecular formula is C10H15N5. The molecule has 5 heteroatoms. The number of allylic oxidation sites excluding steroid dienone is 2. The number of hydrogen-bond acceptors (Lipinski definition) is 4. The molecule has 5 nitrogen and oxygen atoms in total. The Kier molecular flexibility index (Phi) is 14.2. The minimum absolute atomic E-state index is 0. The summed E-state index contributed by atoms with van der Waals surface area (Å²) in [6.07, 6.45) is 5.40. The molecule has 1 aliphatic rings. The van der Waals surface area contributed by atoms with Gasteiger partial charge in [-0.15, -0.1) is 0 Å². The zero-order valence-corrected chi connectivity index (χ0v) is 6.73. The largest absolute Gasteiger partial charge is 0.384 e. The Morgan fingerprint density at radius 2 is 1.67 bits per heavy atom. The lowest BCUT2D eigenvalue weighted by Crippen LogP contribution is -2.04. The average molecular weight is 205 g/mol. The third-order valence-corrected chi connectivity index (χ3v) is 0.894. The van der Waals surface area contributed by atoms with Crippen LogP contribution in [0.2, 0.25) is 0 Å². The van der Waals surface area contributed by atoms with E-state index < -0.39 is 0 Å². The van der Waals surface area contributed by atoms with E-state index in [9.17, 15) is 0 Å². The van der Waals surface area contributed by atoms with E-state index in [-0.39, 0.29) is 20.7 Å². The Hall–Kier alpha value is -2.40. The molecular weight excluding hydrogens is 190 g/mol. The maximum atomic E-state index is 7.71. The Balaban J connectivity index is -0.000000172. The van der Waals surface area contributed by atoms with Gasteiger partial charge in [-0.1, -0.05) is 14.9 Å². The fourth-order valence-electron chi connectivity index (χ4n) is 0.452. The second kappa shape index (κ2) is 11.6. The second-order valence-corrected chi connectivity index (χ2v) is 1.85. The zero-order valence-electron chi connectivity index (χ0n) is 6.73. The van der Waals surface area contributed by atoms with Gasteiger partial charge in [0.05, 0.1) is 12.1 Å². The van der Waals surface area contributed by atoms with E-state index in [0.717, 1.165) is 12.2 Å². The van der Waals surface area contributed by atoms with Gasteiger partial charge in [-0.3, -0.25) is 5.41 Å². The Morgan fingerprint density at radius 1 is 1.20 bits per heavy atom. The topological polar surface area (TPSA) is 110 Å². The van der Waals surface area contributed by atoms with Crippen LogP contribution in [0, 0.1) is 28.1 Å². The van der Waals surface area contributed by atoms with Gasteiger partial charge in [-0.2, -0.15) is 10.5 Å². The van der Waals surface area contributed by atoms with E-state index in [2.05, 4.69) is 4.99 Å². The lowest BCUT2D eigenvalue weighted by molar-refractivity contribution is 1.47. The van der Waals surface area contributed by atoms with Crippen molar-refractivity contribution < 1.29 is 0 Å². The molecule has 0 aliphatic carbocycles. The van der Waals surface area contributed by atoms with Gasteiger partial charge in [-0.05, 0) is 12.2 Å². The molecule has 0 unspecified atom stereocenters. The molecule has 1 rings (SSSR count). The molecule has 0 saturated heterocycles. The van der Waals surface area contributed by atoms with E-state index in [1.807, 2.05) is 0 Å². The molecule has 0 radical (unpaired) electrons. The van der Waals surface area contributed by atoms with E-state index in [1.54, 1.807) is 24.3 Å². The van der Waals surface area contributed by atoms with Crippen molar-refractivity contribution in [3.05, 3.63) is 24.3 Å². The predicted molar refractivity (Wildman–Crippen MR) is 62.3 cm³/mol. The van der Waals surface area contributed by atoms with Crippen molar-refractivity contribution in [3.8, 4) is 12.1 Å². The molecule has 0 spiro atoms. The fourth-order valence-corrected chi connectivity index (χ4v) is 0.452. The maximum Gasteiger partial charge on any atom is 0.146 e. The highest BCUT2D eigenvalue weighted by Crippen LogP contribution is 1.88. The Bertz CT molecular complexity index is 333. The summed E-state index contributed by atoms with van der Waals surface area (Å²) in [6, 6.07) is 3.33. The number of nitrogens with one attached hydrogen (secondary N) is 1. The van der Waals surface area contributed by atoms with Gasteiger partial charge in [-0.25, -0.2) is 4.99 Å². The van der Waals surface area contributed by atoms with Crippen LogP contribution in [0.25, 0.3) is 0 Å². The van der Waals surface area contributed by atoms with Gasteiger partial charge < -0.3 is 5.73 Å². The summed E-state index contributed by atoms with van der Waals surface area (Å²) in [5.41, 5.74) is 5.15. The lowest BCUT2D eigenvalue weighted by Gasteiger charge is -1.75. The maximum absolute atomic E-state index is 7.71. The second-order valence-electron chi connectivity index (χ2n) is 1.85. The van der Waals surface area contributed by atoms with Crippen molar-refractivity contribution >= 4 is 11.7 Å². The van der Waals surface area contributed by atoms with E-state index in [1.165, 1.54) is 0 Å². The normalized spacial score (nSPS) is 11.1. The summed E-state index contributed by atoms with van der Waals surface area (Å²) in [5, 5.41) is 22.2. The van der Waals surface area contributed by atoms with E-state index >= 15 is 0 Å². The van der Waals surface area contributed by atoms with Crippen molar-refractivity contribution in [1.29, 1.82) is 15.9 Å². The SMILES string of the molecule is C.C.N#C/C=C\C#N.N=C1C=CC(N)=N1. The molecule has 0 aromatic carbocycles. The van der Waals surface area contributed by atoms with Crippen LogP contribution in [-0.4, -0.2) is 11.7 Å². The summed E-state index contributed by atoms with van der Waals surface area (Å²) in [7, 11) is 0. The van der Waals surface area contributed by atoms with Gasteiger partial charge in [0.1, 0.15) is 11.7 Å². The van der Waals surface area contributed by atoms with Crippen LogP contribution < -0.4 is 5.73 Å². The number of aliphatic imine (C=N–C) groups is 1. The van der Waals surface area contributed by atoms with Gasteiger partial charge in [0.25, 0.3) is 0 Å². The summed E-state index contributed by atoms with van der Waals surface area (Å²) < 4.78 is 0. The molecule has 0 aromatic rings. The first-order valence-electron chi connectivity index (χ1n) is 3.25. The van der Waals surface area contributed by atoms with Crippen LogP contribution in [0.5, 0.6) is 0 Å². The van der Waals surface area contributed by atoms with Gasteiger partial charge in [0.15, 0.2) is 0 Å². The standard InChI is InChI=1S/C4H5N3.C4H2N2.2CH4/c5-3-1-2-4(6)7-3;5-3-1-2-4-6;;/h1-2H,(H3,5,6,7);1-2H;2*1H4/b;2-1-;;. The summed E-state index contributed by atoms with van der Waals surface area (Å²) in [5.74, 6) is 0.655. The molecule has 0 amide bonds. The minimum atomic E-state index is 0. The number of hydrogen-bond donors (Lipinski definition) is 2. The van der Waals surface area contributed by atoms with Crippen LogP contribution in [0.1, 0.15) is 14.9 Å². The first-order valence-corrected chi connectivity index (χ1v) is 3.25.